The van der Waals surface area contributed by atoms with E-state index in [1.807, 2.05) is 30.3 Å². The smallest absolute Gasteiger partial charge is 0.241 e. The number of hydrogen-bond donors (Lipinski definition) is 1. The lowest BCUT2D eigenvalue weighted by Crippen LogP contribution is -2.11. The summed E-state index contributed by atoms with van der Waals surface area (Å²) in [6, 6.07) is 9.99. The molecule has 0 radical (unpaired) electrons. The van der Waals surface area contributed by atoms with Gasteiger partial charge in [-0.15, -0.1) is 11.8 Å². The highest BCUT2D eigenvalue weighted by Crippen LogP contribution is 2.17. The zero-order valence-corrected chi connectivity index (χ0v) is 11.2. The third-order valence-corrected chi connectivity index (χ3v) is 4.13. The Kier molecular flexibility index (Phi) is 4.05. The molecule has 0 unspecified atom stereocenters. The van der Waals surface area contributed by atoms with Crippen LogP contribution in [-0.4, -0.2) is 24.0 Å². The summed E-state index contributed by atoms with van der Waals surface area (Å²) in [6.45, 7) is 0.634. The number of hydrogen-bond acceptors (Lipinski definition) is 4. The zero-order valence-electron chi connectivity index (χ0n) is 9.56. The van der Waals surface area contributed by atoms with E-state index >= 15 is 0 Å². The van der Waals surface area contributed by atoms with E-state index in [9.17, 15) is 8.42 Å². The van der Waals surface area contributed by atoms with E-state index in [2.05, 4.69) is 5.10 Å². The molecule has 2 aromatic rings. The Balaban J connectivity index is 1.90. The van der Waals surface area contributed by atoms with E-state index in [4.69, 9.17) is 5.14 Å². The van der Waals surface area contributed by atoms with Gasteiger partial charge in [-0.2, -0.15) is 5.10 Å². The molecule has 0 bridgehead atoms. The lowest BCUT2D eigenvalue weighted by atomic mass is 10.4. The summed E-state index contributed by atoms with van der Waals surface area (Å²) in [4.78, 5) is 1.23. The van der Waals surface area contributed by atoms with Gasteiger partial charge in [-0.1, -0.05) is 18.2 Å². The summed E-state index contributed by atoms with van der Waals surface area (Å²) in [5.41, 5.74) is 0. The first-order chi connectivity index (χ1) is 8.55. The van der Waals surface area contributed by atoms with Crippen molar-refractivity contribution >= 4 is 21.8 Å². The van der Waals surface area contributed by atoms with Crippen LogP contribution in [0.3, 0.4) is 0 Å². The van der Waals surface area contributed by atoms with Crippen molar-refractivity contribution < 1.29 is 8.42 Å². The van der Waals surface area contributed by atoms with Crippen LogP contribution >= 0.6 is 11.8 Å². The predicted molar refractivity (Wildman–Crippen MR) is 70.8 cm³/mol. The van der Waals surface area contributed by atoms with Crippen molar-refractivity contribution in [1.82, 2.24) is 9.78 Å². The largest absolute Gasteiger partial charge is 0.271 e. The third kappa shape index (κ3) is 3.59. The minimum Gasteiger partial charge on any atom is -0.271 e. The van der Waals surface area contributed by atoms with Crippen LogP contribution in [0.4, 0.5) is 0 Å². The van der Waals surface area contributed by atoms with Crippen LogP contribution in [0.5, 0.6) is 0 Å². The van der Waals surface area contributed by atoms with Crippen molar-refractivity contribution in [2.24, 2.45) is 5.14 Å². The summed E-state index contributed by atoms with van der Waals surface area (Å²) in [7, 11) is -3.65. The summed E-state index contributed by atoms with van der Waals surface area (Å²) in [5.74, 6) is 0.815. The number of benzene rings is 1. The minimum absolute atomic E-state index is 0.0483. The molecule has 0 amide bonds. The Morgan fingerprint density at radius 1 is 1.28 bits per heavy atom. The molecule has 0 aliphatic heterocycles. The van der Waals surface area contributed by atoms with Crippen LogP contribution in [-0.2, 0) is 16.6 Å². The molecule has 0 spiro atoms. The van der Waals surface area contributed by atoms with Crippen molar-refractivity contribution in [2.75, 3.05) is 5.75 Å². The second-order valence-corrected chi connectivity index (χ2v) is 6.38. The number of rotatable bonds is 5. The second-order valence-electron chi connectivity index (χ2n) is 3.65. The van der Waals surface area contributed by atoms with Gasteiger partial charge in [-0.3, -0.25) is 4.68 Å². The molecule has 18 heavy (non-hydrogen) atoms. The lowest BCUT2D eigenvalue weighted by Gasteiger charge is -2.01. The molecule has 0 aliphatic carbocycles. The van der Waals surface area contributed by atoms with Gasteiger partial charge in [0.1, 0.15) is 4.90 Å². The molecule has 96 valence electrons. The SMILES string of the molecule is NS(=O)(=O)c1cnn(CCSc2ccccc2)c1. The summed E-state index contributed by atoms with van der Waals surface area (Å²) in [6.07, 6.45) is 2.71. The molecule has 0 aliphatic rings. The van der Waals surface area contributed by atoms with Gasteiger partial charge in [0.15, 0.2) is 0 Å². The normalized spacial score (nSPS) is 11.6. The van der Waals surface area contributed by atoms with Crippen molar-refractivity contribution in [2.45, 2.75) is 16.3 Å². The van der Waals surface area contributed by atoms with Crippen molar-refractivity contribution in [3.8, 4) is 0 Å². The number of nitrogens with two attached hydrogens (primary N) is 1. The fourth-order valence-corrected chi connectivity index (χ4v) is 2.71. The standard InChI is InChI=1S/C11H13N3O2S2/c12-18(15,16)11-8-13-14(9-11)6-7-17-10-4-2-1-3-5-10/h1-5,8-9H,6-7H2,(H2,12,15,16). The van der Waals surface area contributed by atoms with E-state index in [0.29, 0.717) is 6.54 Å². The summed E-state index contributed by atoms with van der Waals surface area (Å²) < 4.78 is 23.7. The fraction of sp³-hybridized carbons (Fsp3) is 0.182. The van der Waals surface area contributed by atoms with Crippen molar-refractivity contribution in [3.05, 3.63) is 42.7 Å². The maximum Gasteiger partial charge on any atom is 0.241 e. The van der Waals surface area contributed by atoms with Crippen LogP contribution in [0, 0.1) is 0 Å². The van der Waals surface area contributed by atoms with E-state index in [0.717, 1.165) is 5.75 Å². The van der Waals surface area contributed by atoms with E-state index in [1.165, 1.54) is 17.3 Å². The monoisotopic (exact) mass is 283 g/mol. The van der Waals surface area contributed by atoms with E-state index < -0.39 is 10.0 Å². The molecule has 1 aromatic heterocycles. The van der Waals surface area contributed by atoms with Crippen LogP contribution < -0.4 is 5.14 Å². The van der Waals surface area contributed by atoms with Crippen LogP contribution in [0.1, 0.15) is 0 Å². The van der Waals surface area contributed by atoms with Gasteiger partial charge in [0.2, 0.25) is 10.0 Å². The Hall–Kier alpha value is -1.31. The van der Waals surface area contributed by atoms with Gasteiger partial charge in [-0.05, 0) is 12.1 Å². The molecule has 2 rings (SSSR count). The molecule has 2 N–H and O–H groups in total. The third-order valence-electron chi connectivity index (χ3n) is 2.27. The van der Waals surface area contributed by atoms with E-state index in [1.54, 1.807) is 16.4 Å². The molecule has 0 fully saturated rings. The first kappa shape index (κ1) is 13.1. The maximum absolute atomic E-state index is 11.1. The first-order valence-corrected chi connectivity index (χ1v) is 7.82. The Morgan fingerprint density at radius 2 is 2.00 bits per heavy atom. The highest BCUT2D eigenvalue weighted by Gasteiger charge is 2.10. The molecule has 1 heterocycles. The summed E-state index contributed by atoms with van der Waals surface area (Å²) in [5, 5.41) is 8.96. The molecular formula is C11H13N3O2S2. The Bertz CT molecular complexity index is 608. The highest BCUT2D eigenvalue weighted by atomic mass is 32.2. The molecule has 0 saturated heterocycles. The molecule has 7 heteroatoms. The number of primary sulfonamides is 1. The lowest BCUT2D eigenvalue weighted by molar-refractivity contribution is 0.597. The number of thioether (sulfide) groups is 1. The zero-order chi connectivity index (χ0) is 13.0. The first-order valence-electron chi connectivity index (χ1n) is 5.29. The highest BCUT2D eigenvalue weighted by molar-refractivity contribution is 7.99. The van der Waals surface area contributed by atoms with Gasteiger partial charge in [-0.25, -0.2) is 13.6 Å². The number of nitrogens with zero attached hydrogens (tertiary/aromatic N) is 2. The topological polar surface area (TPSA) is 78.0 Å². The average molecular weight is 283 g/mol. The van der Waals surface area contributed by atoms with Crippen molar-refractivity contribution in [3.63, 3.8) is 0 Å². The maximum atomic E-state index is 11.1. The minimum atomic E-state index is -3.65. The van der Waals surface area contributed by atoms with Gasteiger partial charge in [0, 0.05) is 16.8 Å². The Morgan fingerprint density at radius 3 is 2.61 bits per heavy atom. The summed E-state index contributed by atoms with van der Waals surface area (Å²) >= 11 is 1.69. The van der Waals surface area contributed by atoms with Crippen molar-refractivity contribution in [1.29, 1.82) is 0 Å². The predicted octanol–water partition coefficient (Wildman–Crippen LogP) is 1.32. The van der Waals surface area contributed by atoms with Gasteiger partial charge < -0.3 is 0 Å². The van der Waals surface area contributed by atoms with Gasteiger partial charge in [0.05, 0.1) is 12.7 Å². The Labute approximate surface area is 110 Å². The second kappa shape index (κ2) is 5.55. The molecule has 5 nitrogen and oxygen atoms in total. The average Bonchev–Trinajstić information content (AvgIpc) is 2.79. The van der Waals surface area contributed by atoms with Gasteiger partial charge in [0.25, 0.3) is 0 Å². The van der Waals surface area contributed by atoms with E-state index in [-0.39, 0.29) is 4.90 Å². The van der Waals surface area contributed by atoms with Crippen LogP contribution in [0.15, 0.2) is 52.5 Å². The molecule has 0 atom stereocenters. The van der Waals surface area contributed by atoms with Crippen LogP contribution in [0.25, 0.3) is 0 Å². The quantitative estimate of drug-likeness (QED) is 0.840. The molecule has 0 saturated carbocycles. The van der Waals surface area contributed by atoms with Crippen LogP contribution in [0.2, 0.25) is 0 Å². The number of aryl methyl sites for hydroxylation is 1. The molecular weight excluding hydrogens is 270 g/mol. The fourth-order valence-electron chi connectivity index (χ4n) is 1.39. The molecule has 1 aromatic carbocycles. The number of aromatic nitrogens is 2. The van der Waals surface area contributed by atoms with Gasteiger partial charge >= 0.3 is 0 Å². The number of sulfonamides is 1.